The van der Waals surface area contributed by atoms with Crippen molar-refractivity contribution in [2.45, 2.75) is 45.1 Å². The fraction of sp³-hybridized carbons (Fsp3) is 0.500. The number of rotatable bonds is 2. The summed E-state index contributed by atoms with van der Waals surface area (Å²) < 4.78 is 0. The van der Waals surface area contributed by atoms with E-state index in [-0.39, 0.29) is 0 Å². The van der Waals surface area contributed by atoms with E-state index >= 15 is 0 Å². The molecule has 0 saturated heterocycles. The molecule has 3 rings (SSSR count). The molecular formula is C16H24N4O2. The lowest BCUT2D eigenvalue weighted by molar-refractivity contribution is 0.210. The number of carboxylic acid groups (broad SMARTS) is 1. The molecule has 1 fully saturated rings. The third kappa shape index (κ3) is 4.46. The Morgan fingerprint density at radius 2 is 2.14 bits per heavy atom. The number of aromatic nitrogens is 2. The molecular weight excluding hydrogens is 280 g/mol. The maximum absolute atomic E-state index is 10.4. The van der Waals surface area contributed by atoms with E-state index in [0.717, 1.165) is 11.3 Å². The average Bonchev–Trinajstić information content (AvgIpc) is 2.98. The SMILES string of the molecule is CC(N)C1CCCCC1.O=C(O)Nc1ccnc2[nH]ccc12. The highest BCUT2D eigenvalue weighted by atomic mass is 16.4. The molecule has 6 heteroatoms. The van der Waals surface area contributed by atoms with Crippen molar-refractivity contribution in [1.29, 1.82) is 0 Å². The second kappa shape index (κ2) is 7.79. The van der Waals surface area contributed by atoms with Gasteiger partial charge in [-0.05, 0) is 37.8 Å². The molecule has 0 aliphatic heterocycles. The number of H-pyrrole nitrogens is 1. The van der Waals surface area contributed by atoms with E-state index in [1.54, 1.807) is 24.5 Å². The standard InChI is InChI=1S/C8H7N3O2.C8H17N/c12-8(13)11-6-2-4-10-7-5(6)1-3-9-7;1-7(9)8-5-3-2-4-6-8/h1-4H,(H,12,13)(H2,9,10,11);7-8H,2-6,9H2,1H3. The lowest BCUT2D eigenvalue weighted by Crippen LogP contribution is -2.27. The quantitative estimate of drug-likeness (QED) is 0.680. The van der Waals surface area contributed by atoms with Crippen molar-refractivity contribution in [2.24, 2.45) is 11.7 Å². The van der Waals surface area contributed by atoms with Gasteiger partial charge in [0.1, 0.15) is 5.65 Å². The summed E-state index contributed by atoms with van der Waals surface area (Å²) in [5.74, 6) is 0.832. The number of nitrogens with zero attached hydrogens (tertiary/aromatic N) is 1. The van der Waals surface area contributed by atoms with Crippen LogP contribution in [-0.2, 0) is 0 Å². The van der Waals surface area contributed by atoms with Gasteiger partial charge in [-0.15, -0.1) is 0 Å². The number of hydrogen-bond donors (Lipinski definition) is 4. The summed E-state index contributed by atoms with van der Waals surface area (Å²) in [6.07, 6.45) is 9.18. The number of anilines is 1. The summed E-state index contributed by atoms with van der Waals surface area (Å²) in [5, 5.41) is 11.6. The lowest BCUT2D eigenvalue weighted by Gasteiger charge is -2.24. The van der Waals surface area contributed by atoms with Crippen molar-refractivity contribution >= 4 is 22.8 Å². The zero-order valence-corrected chi connectivity index (χ0v) is 12.9. The summed E-state index contributed by atoms with van der Waals surface area (Å²) in [6, 6.07) is 3.82. The van der Waals surface area contributed by atoms with Crippen LogP contribution in [0.5, 0.6) is 0 Å². The van der Waals surface area contributed by atoms with Crippen LogP contribution in [0.2, 0.25) is 0 Å². The molecule has 1 amide bonds. The third-order valence-electron chi connectivity index (χ3n) is 4.10. The van der Waals surface area contributed by atoms with Crippen LogP contribution in [0.3, 0.4) is 0 Å². The van der Waals surface area contributed by atoms with Gasteiger partial charge in [-0.2, -0.15) is 0 Å². The molecule has 22 heavy (non-hydrogen) atoms. The fourth-order valence-corrected chi connectivity index (χ4v) is 2.85. The molecule has 6 nitrogen and oxygen atoms in total. The minimum absolute atomic E-state index is 0.435. The van der Waals surface area contributed by atoms with E-state index < -0.39 is 6.09 Å². The zero-order chi connectivity index (χ0) is 15.9. The number of aromatic amines is 1. The minimum Gasteiger partial charge on any atom is -0.465 e. The van der Waals surface area contributed by atoms with Crippen molar-refractivity contribution in [3.8, 4) is 0 Å². The molecule has 120 valence electrons. The van der Waals surface area contributed by atoms with Gasteiger partial charge >= 0.3 is 6.09 Å². The molecule has 2 heterocycles. The van der Waals surface area contributed by atoms with Gasteiger partial charge in [-0.25, -0.2) is 9.78 Å². The van der Waals surface area contributed by atoms with Crippen LogP contribution in [0.4, 0.5) is 10.5 Å². The number of nitrogens with two attached hydrogens (primary N) is 1. The number of nitrogens with one attached hydrogen (secondary N) is 2. The highest BCUT2D eigenvalue weighted by Crippen LogP contribution is 2.25. The first-order valence-electron chi connectivity index (χ1n) is 7.75. The first-order valence-corrected chi connectivity index (χ1v) is 7.75. The van der Waals surface area contributed by atoms with Gasteiger partial charge < -0.3 is 15.8 Å². The predicted molar refractivity (Wildman–Crippen MR) is 88.0 cm³/mol. The van der Waals surface area contributed by atoms with Crippen LogP contribution in [0.1, 0.15) is 39.0 Å². The Bertz CT molecular complexity index is 603. The van der Waals surface area contributed by atoms with Crippen molar-refractivity contribution in [2.75, 3.05) is 5.32 Å². The number of hydrogen-bond acceptors (Lipinski definition) is 3. The van der Waals surface area contributed by atoms with E-state index in [0.29, 0.717) is 17.4 Å². The molecule has 0 spiro atoms. The maximum Gasteiger partial charge on any atom is 0.409 e. The molecule has 1 aliphatic carbocycles. The van der Waals surface area contributed by atoms with Gasteiger partial charge in [0.05, 0.1) is 5.69 Å². The zero-order valence-electron chi connectivity index (χ0n) is 12.9. The van der Waals surface area contributed by atoms with Gasteiger partial charge in [0.15, 0.2) is 0 Å². The normalized spacial score (nSPS) is 16.6. The van der Waals surface area contributed by atoms with Crippen molar-refractivity contribution in [3.05, 3.63) is 24.5 Å². The molecule has 1 atom stereocenters. The van der Waals surface area contributed by atoms with Gasteiger partial charge in [-0.3, -0.25) is 5.32 Å². The van der Waals surface area contributed by atoms with Crippen molar-refractivity contribution in [3.63, 3.8) is 0 Å². The molecule has 0 bridgehead atoms. The number of fused-ring (bicyclic) bond motifs is 1. The highest BCUT2D eigenvalue weighted by Gasteiger charge is 2.16. The minimum atomic E-state index is -1.08. The summed E-state index contributed by atoms with van der Waals surface area (Å²) in [6.45, 7) is 2.13. The molecule has 0 radical (unpaired) electrons. The summed E-state index contributed by atoms with van der Waals surface area (Å²) in [5.41, 5.74) is 6.98. The van der Waals surface area contributed by atoms with E-state index in [2.05, 4.69) is 22.2 Å². The van der Waals surface area contributed by atoms with Crippen LogP contribution in [0.25, 0.3) is 11.0 Å². The van der Waals surface area contributed by atoms with Gasteiger partial charge in [0.2, 0.25) is 0 Å². The molecule has 1 saturated carbocycles. The summed E-state index contributed by atoms with van der Waals surface area (Å²) in [7, 11) is 0. The first-order chi connectivity index (χ1) is 10.6. The van der Waals surface area contributed by atoms with Crippen LogP contribution in [0, 0.1) is 5.92 Å². The van der Waals surface area contributed by atoms with Gasteiger partial charge in [0, 0.05) is 23.8 Å². The highest BCUT2D eigenvalue weighted by molar-refractivity contribution is 5.96. The molecule has 0 aromatic carbocycles. The first kappa shape index (κ1) is 16.3. The topological polar surface area (TPSA) is 104 Å². The number of pyridine rings is 1. The fourth-order valence-electron chi connectivity index (χ4n) is 2.85. The second-order valence-corrected chi connectivity index (χ2v) is 5.79. The van der Waals surface area contributed by atoms with Crippen LogP contribution < -0.4 is 11.1 Å². The Morgan fingerprint density at radius 1 is 1.41 bits per heavy atom. The summed E-state index contributed by atoms with van der Waals surface area (Å²) >= 11 is 0. The molecule has 2 aromatic heterocycles. The molecule has 2 aromatic rings. The molecule has 1 aliphatic rings. The van der Waals surface area contributed by atoms with E-state index in [1.807, 2.05) is 0 Å². The summed E-state index contributed by atoms with van der Waals surface area (Å²) in [4.78, 5) is 17.3. The van der Waals surface area contributed by atoms with Crippen molar-refractivity contribution < 1.29 is 9.90 Å². The predicted octanol–water partition coefficient (Wildman–Crippen LogP) is 3.57. The largest absolute Gasteiger partial charge is 0.465 e. The third-order valence-corrected chi connectivity index (χ3v) is 4.10. The van der Waals surface area contributed by atoms with E-state index in [1.165, 1.54) is 32.1 Å². The molecule has 1 unspecified atom stereocenters. The number of amides is 1. The Balaban J connectivity index is 0.000000172. The van der Waals surface area contributed by atoms with E-state index in [4.69, 9.17) is 10.8 Å². The van der Waals surface area contributed by atoms with Crippen LogP contribution >= 0.6 is 0 Å². The smallest absolute Gasteiger partial charge is 0.409 e. The van der Waals surface area contributed by atoms with Crippen molar-refractivity contribution in [1.82, 2.24) is 9.97 Å². The van der Waals surface area contributed by atoms with Gasteiger partial charge in [-0.1, -0.05) is 19.3 Å². The van der Waals surface area contributed by atoms with E-state index in [9.17, 15) is 4.79 Å². The average molecular weight is 304 g/mol. The Labute approximate surface area is 130 Å². The van der Waals surface area contributed by atoms with Crippen LogP contribution in [0.15, 0.2) is 24.5 Å². The lowest BCUT2D eigenvalue weighted by atomic mass is 9.85. The van der Waals surface area contributed by atoms with Gasteiger partial charge in [0.25, 0.3) is 0 Å². The Hall–Kier alpha value is -2.08. The monoisotopic (exact) mass is 304 g/mol. The Kier molecular flexibility index (Phi) is 5.77. The number of carbonyl (C=O) groups is 1. The second-order valence-electron chi connectivity index (χ2n) is 5.79. The Morgan fingerprint density at radius 3 is 2.73 bits per heavy atom. The maximum atomic E-state index is 10.4. The van der Waals surface area contributed by atoms with Crippen LogP contribution in [-0.4, -0.2) is 27.2 Å². The molecule has 5 N–H and O–H groups in total.